The molecule has 1 atom stereocenters. The summed E-state index contributed by atoms with van der Waals surface area (Å²) in [6.45, 7) is 6.47. The topological polar surface area (TPSA) is 46.2 Å². The van der Waals surface area contributed by atoms with E-state index in [1.807, 2.05) is 12.1 Å². The van der Waals surface area contributed by atoms with Gasteiger partial charge in [0.15, 0.2) is 0 Å². The number of anilines is 1. The van der Waals surface area contributed by atoms with E-state index in [4.69, 9.17) is 5.73 Å². The minimum Gasteiger partial charge on any atom is -0.398 e. The number of rotatable bonds is 3. The summed E-state index contributed by atoms with van der Waals surface area (Å²) in [5.74, 6) is -0.388. The van der Waals surface area contributed by atoms with Crippen LogP contribution in [0.15, 0.2) is 42.5 Å². The van der Waals surface area contributed by atoms with Gasteiger partial charge in [0.25, 0.3) is 0 Å². The minimum atomic E-state index is -0.804. The van der Waals surface area contributed by atoms with Crippen LogP contribution >= 0.6 is 0 Å². The third-order valence-electron chi connectivity index (χ3n) is 3.66. The van der Waals surface area contributed by atoms with Gasteiger partial charge in [-0.15, -0.1) is 0 Å². The average molecular weight is 287 g/mol. The highest BCUT2D eigenvalue weighted by molar-refractivity contribution is 5.48. The predicted octanol–water partition coefficient (Wildman–Crippen LogP) is 3.98. The molecule has 2 aromatic rings. The number of benzene rings is 2. The molecule has 21 heavy (non-hydrogen) atoms. The number of aliphatic hydroxyl groups is 1. The van der Waals surface area contributed by atoms with Crippen molar-refractivity contribution >= 4 is 5.69 Å². The molecule has 0 saturated carbocycles. The first kappa shape index (κ1) is 15.5. The Morgan fingerprint density at radius 2 is 1.71 bits per heavy atom. The van der Waals surface area contributed by atoms with Crippen LogP contribution in [-0.4, -0.2) is 5.11 Å². The molecule has 0 saturated heterocycles. The molecule has 0 aromatic heterocycles. The predicted molar refractivity (Wildman–Crippen MR) is 84.6 cm³/mol. The zero-order chi connectivity index (χ0) is 15.6. The smallest absolute Gasteiger partial charge is 0.123 e. The van der Waals surface area contributed by atoms with E-state index in [-0.39, 0.29) is 11.2 Å². The fourth-order valence-electron chi connectivity index (χ4n) is 2.31. The van der Waals surface area contributed by atoms with Gasteiger partial charge in [0.1, 0.15) is 5.82 Å². The van der Waals surface area contributed by atoms with Gasteiger partial charge >= 0.3 is 0 Å². The molecule has 2 aromatic carbocycles. The molecule has 0 amide bonds. The minimum absolute atomic E-state index is 0.101. The Labute approximate surface area is 125 Å². The number of hydrogen-bond acceptors (Lipinski definition) is 2. The molecular weight excluding hydrogens is 265 g/mol. The molecule has 1 unspecified atom stereocenters. The quantitative estimate of drug-likeness (QED) is 0.839. The second kappa shape index (κ2) is 5.86. The van der Waals surface area contributed by atoms with Gasteiger partial charge in [-0.25, -0.2) is 4.39 Å². The van der Waals surface area contributed by atoms with Crippen molar-refractivity contribution in [2.24, 2.45) is 0 Å². The molecule has 0 bridgehead atoms. The van der Waals surface area contributed by atoms with E-state index in [0.717, 1.165) is 5.56 Å². The van der Waals surface area contributed by atoms with Crippen molar-refractivity contribution in [3.8, 4) is 0 Å². The molecule has 0 aliphatic rings. The van der Waals surface area contributed by atoms with Crippen LogP contribution in [0.4, 0.5) is 10.1 Å². The fourth-order valence-corrected chi connectivity index (χ4v) is 2.31. The lowest BCUT2D eigenvalue weighted by atomic mass is 9.86. The van der Waals surface area contributed by atoms with Crippen molar-refractivity contribution in [2.45, 2.75) is 38.7 Å². The molecule has 2 rings (SSSR count). The van der Waals surface area contributed by atoms with Gasteiger partial charge < -0.3 is 10.8 Å². The van der Waals surface area contributed by atoms with Crippen LogP contribution in [0, 0.1) is 5.82 Å². The van der Waals surface area contributed by atoms with Gasteiger partial charge in [-0.2, -0.15) is 0 Å². The Balaban J connectivity index is 2.16. The van der Waals surface area contributed by atoms with E-state index in [1.54, 1.807) is 0 Å². The number of nitrogen functional groups attached to an aromatic ring is 1. The van der Waals surface area contributed by atoms with E-state index >= 15 is 0 Å². The van der Waals surface area contributed by atoms with Gasteiger partial charge in [0.05, 0.1) is 6.10 Å². The Morgan fingerprint density at radius 1 is 1.10 bits per heavy atom. The molecular formula is C18H22FNO. The summed E-state index contributed by atoms with van der Waals surface area (Å²) >= 11 is 0. The molecule has 0 aliphatic carbocycles. The normalized spacial score (nSPS) is 13.2. The van der Waals surface area contributed by atoms with Crippen molar-refractivity contribution in [2.75, 3.05) is 5.73 Å². The molecule has 2 nitrogen and oxygen atoms in total. The third-order valence-corrected chi connectivity index (χ3v) is 3.66. The van der Waals surface area contributed by atoms with E-state index in [0.29, 0.717) is 17.7 Å². The van der Waals surface area contributed by atoms with Crippen LogP contribution in [-0.2, 0) is 11.8 Å². The Kier molecular flexibility index (Phi) is 4.33. The van der Waals surface area contributed by atoms with Crippen LogP contribution in [0.3, 0.4) is 0 Å². The van der Waals surface area contributed by atoms with E-state index in [1.165, 1.54) is 23.8 Å². The van der Waals surface area contributed by atoms with Crippen molar-refractivity contribution in [3.05, 3.63) is 65.0 Å². The van der Waals surface area contributed by atoms with Gasteiger partial charge in [-0.1, -0.05) is 45.0 Å². The largest absolute Gasteiger partial charge is 0.398 e. The van der Waals surface area contributed by atoms with Crippen LogP contribution < -0.4 is 5.73 Å². The summed E-state index contributed by atoms with van der Waals surface area (Å²) in [6, 6.07) is 12.2. The fraction of sp³-hybridized carbons (Fsp3) is 0.333. The summed E-state index contributed by atoms with van der Waals surface area (Å²) in [7, 11) is 0. The Hall–Kier alpha value is -1.87. The Bertz CT molecular complexity index is 614. The first-order valence-corrected chi connectivity index (χ1v) is 7.10. The highest BCUT2D eigenvalue weighted by Gasteiger charge is 2.15. The zero-order valence-corrected chi connectivity index (χ0v) is 12.7. The highest BCUT2D eigenvalue weighted by Crippen LogP contribution is 2.26. The number of halogens is 1. The molecule has 0 aliphatic heterocycles. The standard InChI is InChI=1S/C18H22FNO/c1-18(2,3)13-6-4-12(5-7-13)10-17(21)15-11-14(19)8-9-16(15)20/h4-9,11,17,21H,10,20H2,1-3H3. The molecule has 112 valence electrons. The van der Waals surface area contributed by atoms with Crippen LogP contribution in [0.2, 0.25) is 0 Å². The zero-order valence-electron chi connectivity index (χ0n) is 12.7. The summed E-state index contributed by atoms with van der Waals surface area (Å²) in [6.07, 6.45) is -0.390. The first-order chi connectivity index (χ1) is 9.77. The van der Waals surface area contributed by atoms with Crippen LogP contribution in [0.1, 0.15) is 43.6 Å². The first-order valence-electron chi connectivity index (χ1n) is 7.10. The molecule has 0 fully saturated rings. The van der Waals surface area contributed by atoms with E-state index in [9.17, 15) is 9.50 Å². The molecule has 0 heterocycles. The van der Waals surface area contributed by atoms with E-state index in [2.05, 4.69) is 32.9 Å². The van der Waals surface area contributed by atoms with Gasteiger partial charge in [-0.3, -0.25) is 0 Å². The van der Waals surface area contributed by atoms with Crippen molar-refractivity contribution in [1.29, 1.82) is 0 Å². The summed E-state index contributed by atoms with van der Waals surface area (Å²) in [4.78, 5) is 0. The summed E-state index contributed by atoms with van der Waals surface area (Å²) in [5, 5.41) is 10.3. The molecule has 0 radical (unpaired) electrons. The van der Waals surface area contributed by atoms with Crippen LogP contribution in [0.5, 0.6) is 0 Å². The maximum absolute atomic E-state index is 13.3. The van der Waals surface area contributed by atoms with Gasteiger partial charge in [0.2, 0.25) is 0 Å². The highest BCUT2D eigenvalue weighted by atomic mass is 19.1. The molecule has 3 N–H and O–H groups in total. The van der Waals surface area contributed by atoms with Gasteiger partial charge in [-0.05, 0) is 34.7 Å². The lowest BCUT2D eigenvalue weighted by Crippen LogP contribution is -2.11. The second-order valence-electron chi connectivity index (χ2n) is 6.44. The lowest BCUT2D eigenvalue weighted by Gasteiger charge is -2.20. The Morgan fingerprint density at radius 3 is 2.29 bits per heavy atom. The van der Waals surface area contributed by atoms with E-state index < -0.39 is 6.10 Å². The number of aliphatic hydroxyl groups excluding tert-OH is 1. The molecule has 3 heteroatoms. The lowest BCUT2D eigenvalue weighted by molar-refractivity contribution is 0.179. The average Bonchev–Trinajstić information content (AvgIpc) is 2.41. The SMILES string of the molecule is CC(C)(C)c1ccc(CC(O)c2cc(F)ccc2N)cc1. The van der Waals surface area contributed by atoms with Crippen molar-refractivity contribution in [3.63, 3.8) is 0 Å². The third kappa shape index (κ3) is 3.82. The number of nitrogens with two attached hydrogens (primary N) is 1. The number of hydrogen-bond donors (Lipinski definition) is 2. The second-order valence-corrected chi connectivity index (χ2v) is 6.44. The molecule has 0 spiro atoms. The van der Waals surface area contributed by atoms with Gasteiger partial charge in [0, 0.05) is 17.7 Å². The maximum Gasteiger partial charge on any atom is 0.123 e. The summed E-state index contributed by atoms with van der Waals surface area (Å²) < 4.78 is 13.3. The maximum atomic E-state index is 13.3. The summed E-state index contributed by atoms with van der Waals surface area (Å²) in [5.41, 5.74) is 8.99. The monoisotopic (exact) mass is 287 g/mol. The van der Waals surface area contributed by atoms with Crippen molar-refractivity contribution in [1.82, 2.24) is 0 Å². The van der Waals surface area contributed by atoms with Crippen LogP contribution in [0.25, 0.3) is 0 Å². The van der Waals surface area contributed by atoms with Crippen molar-refractivity contribution < 1.29 is 9.50 Å².